The fourth-order valence-electron chi connectivity index (χ4n) is 1.13. The minimum Gasteiger partial charge on any atom is -0.414 e. The Bertz CT molecular complexity index is 131. The van der Waals surface area contributed by atoms with Crippen molar-refractivity contribution in [3.8, 4) is 0 Å². The van der Waals surface area contributed by atoms with Crippen LogP contribution in [0.4, 0.5) is 0 Å². The second-order valence-electron chi connectivity index (χ2n) is 3.18. The van der Waals surface area contributed by atoms with Crippen molar-refractivity contribution in [2.45, 2.75) is 26.3 Å². The summed E-state index contributed by atoms with van der Waals surface area (Å²) in [4.78, 5) is 5.12. The summed E-state index contributed by atoms with van der Waals surface area (Å²) < 4.78 is 0. The van der Waals surface area contributed by atoms with Crippen LogP contribution in [0.25, 0.3) is 0 Å². The molecule has 1 heterocycles. The van der Waals surface area contributed by atoms with Gasteiger partial charge < -0.3 is 4.84 Å². The van der Waals surface area contributed by atoms with Crippen molar-refractivity contribution >= 4 is 0 Å². The molecule has 0 spiro atoms. The van der Waals surface area contributed by atoms with Crippen molar-refractivity contribution in [2.75, 3.05) is 7.05 Å². The van der Waals surface area contributed by atoms with E-state index in [2.05, 4.69) is 19.9 Å². The molecule has 0 amide bonds. The molecule has 10 heavy (non-hydrogen) atoms. The zero-order valence-corrected chi connectivity index (χ0v) is 6.87. The normalized spacial score (nSPS) is 25.8. The number of hydrogen-bond acceptors (Lipinski definition) is 2. The lowest BCUT2D eigenvalue weighted by atomic mass is 10.0. The summed E-state index contributed by atoms with van der Waals surface area (Å²) in [5.41, 5.74) is 0. The van der Waals surface area contributed by atoms with Gasteiger partial charge in [0.2, 0.25) is 0 Å². The van der Waals surface area contributed by atoms with E-state index in [1.807, 2.05) is 12.1 Å². The van der Waals surface area contributed by atoms with E-state index in [-0.39, 0.29) is 0 Å². The molecule has 0 aliphatic carbocycles. The Balaban J connectivity index is 2.33. The Morgan fingerprint density at radius 3 is 2.70 bits per heavy atom. The first-order chi connectivity index (χ1) is 4.70. The van der Waals surface area contributed by atoms with Crippen molar-refractivity contribution in [1.82, 2.24) is 5.06 Å². The Kier molecular flexibility index (Phi) is 2.33. The minimum absolute atomic E-state index is 0.486. The third-order valence-electron chi connectivity index (χ3n) is 1.71. The van der Waals surface area contributed by atoms with Crippen LogP contribution in [0.5, 0.6) is 0 Å². The molecule has 0 saturated heterocycles. The van der Waals surface area contributed by atoms with Crippen LogP contribution in [0.1, 0.15) is 20.3 Å². The van der Waals surface area contributed by atoms with E-state index < -0.39 is 0 Å². The molecular formula is C8H15NO. The topological polar surface area (TPSA) is 12.5 Å². The smallest absolute Gasteiger partial charge is 0.109 e. The fraction of sp³-hybridized carbons (Fsp3) is 0.750. The highest BCUT2D eigenvalue weighted by Crippen LogP contribution is 2.16. The highest BCUT2D eigenvalue weighted by molar-refractivity contribution is 4.92. The number of rotatable bonds is 2. The molecule has 0 bridgehead atoms. The van der Waals surface area contributed by atoms with Gasteiger partial charge in [0, 0.05) is 7.05 Å². The van der Waals surface area contributed by atoms with Gasteiger partial charge in [-0.2, -0.15) is 0 Å². The van der Waals surface area contributed by atoms with Gasteiger partial charge in [-0.15, -0.1) is 5.06 Å². The van der Waals surface area contributed by atoms with Crippen molar-refractivity contribution in [2.24, 2.45) is 5.92 Å². The molecule has 1 aliphatic heterocycles. The largest absolute Gasteiger partial charge is 0.414 e. The van der Waals surface area contributed by atoms with E-state index in [4.69, 9.17) is 4.84 Å². The Morgan fingerprint density at radius 2 is 2.30 bits per heavy atom. The molecule has 0 N–H and O–H groups in total. The van der Waals surface area contributed by atoms with Gasteiger partial charge in [0.15, 0.2) is 0 Å². The average molecular weight is 141 g/mol. The summed E-state index contributed by atoms with van der Waals surface area (Å²) in [7, 11) is 1.97. The van der Waals surface area contributed by atoms with Crippen LogP contribution in [-0.2, 0) is 4.84 Å². The Labute approximate surface area is 62.4 Å². The lowest BCUT2D eigenvalue weighted by Gasteiger charge is -2.18. The van der Waals surface area contributed by atoms with Crippen LogP contribution in [0.2, 0.25) is 0 Å². The molecule has 1 atom stereocenters. The quantitative estimate of drug-likeness (QED) is 0.581. The molecule has 0 radical (unpaired) electrons. The van der Waals surface area contributed by atoms with E-state index in [1.54, 1.807) is 6.26 Å². The minimum atomic E-state index is 0.486. The summed E-state index contributed by atoms with van der Waals surface area (Å²) in [6.45, 7) is 4.44. The average Bonchev–Trinajstić information content (AvgIpc) is 2.15. The van der Waals surface area contributed by atoms with Crippen LogP contribution >= 0.6 is 0 Å². The number of hydroxylamine groups is 2. The van der Waals surface area contributed by atoms with Crippen LogP contribution in [-0.4, -0.2) is 18.2 Å². The lowest BCUT2D eigenvalue weighted by Crippen LogP contribution is -2.25. The highest BCUT2D eigenvalue weighted by Gasteiger charge is 2.17. The van der Waals surface area contributed by atoms with Gasteiger partial charge in [-0.05, 0) is 18.4 Å². The zero-order chi connectivity index (χ0) is 7.56. The number of nitrogens with zero attached hydrogens (tertiary/aromatic N) is 1. The molecule has 1 rings (SSSR count). The summed E-state index contributed by atoms with van der Waals surface area (Å²) in [6.07, 6.45) is 5.03. The highest BCUT2D eigenvalue weighted by atomic mass is 16.7. The first kappa shape index (κ1) is 7.61. The van der Waals surface area contributed by atoms with Crippen molar-refractivity contribution < 1.29 is 4.84 Å². The third-order valence-corrected chi connectivity index (χ3v) is 1.71. The molecule has 2 nitrogen and oxygen atoms in total. The van der Waals surface area contributed by atoms with Crippen molar-refractivity contribution in [3.05, 3.63) is 12.3 Å². The maximum atomic E-state index is 5.12. The lowest BCUT2D eigenvalue weighted by molar-refractivity contribution is -0.0825. The summed E-state index contributed by atoms with van der Waals surface area (Å²) in [6, 6.07) is 0.486. The molecule has 2 heteroatoms. The van der Waals surface area contributed by atoms with E-state index in [9.17, 15) is 0 Å². The Morgan fingerprint density at radius 1 is 1.60 bits per heavy atom. The van der Waals surface area contributed by atoms with Gasteiger partial charge in [-0.25, -0.2) is 0 Å². The molecule has 0 aromatic rings. The molecule has 0 aromatic carbocycles. The SMILES string of the molecule is CC(C)CC1C=CON1C. The second-order valence-corrected chi connectivity index (χ2v) is 3.18. The van der Waals surface area contributed by atoms with Gasteiger partial charge in [-0.1, -0.05) is 13.8 Å². The molecule has 1 aliphatic rings. The van der Waals surface area contributed by atoms with Gasteiger partial charge >= 0.3 is 0 Å². The standard InChI is InChI=1S/C8H15NO/c1-7(2)6-8-4-5-10-9(8)3/h4-5,7-8H,6H2,1-3H3. The van der Waals surface area contributed by atoms with Gasteiger partial charge in [0.25, 0.3) is 0 Å². The summed E-state index contributed by atoms with van der Waals surface area (Å²) in [5.74, 6) is 0.735. The van der Waals surface area contributed by atoms with Gasteiger partial charge in [0.05, 0.1) is 6.04 Å². The third kappa shape index (κ3) is 1.74. The van der Waals surface area contributed by atoms with Crippen LogP contribution in [0, 0.1) is 5.92 Å². The fourth-order valence-corrected chi connectivity index (χ4v) is 1.13. The van der Waals surface area contributed by atoms with Crippen LogP contribution in [0.3, 0.4) is 0 Å². The van der Waals surface area contributed by atoms with Crippen LogP contribution < -0.4 is 0 Å². The molecule has 58 valence electrons. The predicted octanol–water partition coefficient (Wildman–Crippen LogP) is 1.79. The molecular weight excluding hydrogens is 126 g/mol. The number of hydrogen-bond donors (Lipinski definition) is 0. The van der Waals surface area contributed by atoms with Crippen molar-refractivity contribution in [1.29, 1.82) is 0 Å². The summed E-state index contributed by atoms with van der Waals surface area (Å²) in [5, 5.41) is 1.89. The Hall–Kier alpha value is -0.500. The molecule has 0 saturated carbocycles. The van der Waals surface area contributed by atoms with Gasteiger partial charge in [-0.3, -0.25) is 0 Å². The second kappa shape index (κ2) is 3.06. The first-order valence-corrected chi connectivity index (χ1v) is 3.76. The van der Waals surface area contributed by atoms with Gasteiger partial charge in [0.1, 0.15) is 6.26 Å². The monoisotopic (exact) mass is 141 g/mol. The van der Waals surface area contributed by atoms with Crippen molar-refractivity contribution in [3.63, 3.8) is 0 Å². The van der Waals surface area contributed by atoms with E-state index in [1.165, 1.54) is 6.42 Å². The molecule has 1 unspecified atom stereocenters. The first-order valence-electron chi connectivity index (χ1n) is 3.76. The van der Waals surface area contributed by atoms with E-state index in [0.717, 1.165) is 5.92 Å². The maximum absolute atomic E-state index is 5.12. The summed E-state index contributed by atoms with van der Waals surface area (Å²) >= 11 is 0. The zero-order valence-electron chi connectivity index (χ0n) is 6.87. The molecule has 0 aromatic heterocycles. The van der Waals surface area contributed by atoms with E-state index in [0.29, 0.717) is 6.04 Å². The van der Waals surface area contributed by atoms with E-state index >= 15 is 0 Å². The molecule has 0 fully saturated rings. The number of likely N-dealkylation sites (N-methyl/N-ethyl adjacent to an activating group) is 1. The maximum Gasteiger partial charge on any atom is 0.109 e. The van der Waals surface area contributed by atoms with Crippen LogP contribution in [0.15, 0.2) is 12.3 Å². The predicted molar refractivity (Wildman–Crippen MR) is 41.2 cm³/mol.